The minimum atomic E-state index is -0.556. The van der Waals surface area contributed by atoms with E-state index in [2.05, 4.69) is 16.3 Å². The highest BCUT2D eigenvalue weighted by atomic mass is 16.2. The zero-order valence-electron chi connectivity index (χ0n) is 14.7. The van der Waals surface area contributed by atoms with Crippen molar-refractivity contribution in [2.45, 2.75) is 50.9 Å². The Morgan fingerprint density at radius 1 is 1.12 bits per heavy atom. The van der Waals surface area contributed by atoms with Crippen molar-refractivity contribution in [3.8, 4) is 0 Å². The Morgan fingerprint density at radius 2 is 1.88 bits per heavy atom. The lowest BCUT2D eigenvalue weighted by molar-refractivity contribution is -0.136. The van der Waals surface area contributed by atoms with Crippen LogP contribution < -0.4 is 11.1 Å². The van der Waals surface area contributed by atoms with Crippen LogP contribution in [0.4, 0.5) is 0 Å². The fourth-order valence-electron chi connectivity index (χ4n) is 4.07. The third kappa shape index (κ3) is 3.24. The maximum atomic E-state index is 12.8. The summed E-state index contributed by atoms with van der Waals surface area (Å²) in [5.74, 6) is -0.747. The van der Waals surface area contributed by atoms with Crippen molar-refractivity contribution in [1.29, 1.82) is 0 Å². The van der Waals surface area contributed by atoms with E-state index in [-0.39, 0.29) is 24.1 Å². The molecule has 7 nitrogen and oxygen atoms in total. The lowest BCUT2D eigenvalue weighted by atomic mass is 10.0. The summed E-state index contributed by atoms with van der Waals surface area (Å²) < 4.78 is 0. The highest BCUT2D eigenvalue weighted by molar-refractivity contribution is 6.05. The number of fused-ring (bicyclic) bond motifs is 1. The minimum Gasteiger partial charge on any atom is -0.328 e. The Bertz CT molecular complexity index is 755. The van der Waals surface area contributed by atoms with Gasteiger partial charge in [0.05, 0.1) is 0 Å². The first-order valence-electron chi connectivity index (χ1n) is 9.25. The monoisotopic (exact) mass is 356 g/mol. The molecule has 3 aliphatic rings. The van der Waals surface area contributed by atoms with E-state index in [1.54, 1.807) is 4.90 Å². The second kappa shape index (κ2) is 6.81. The summed E-state index contributed by atoms with van der Waals surface area (Å²) in [5.41, 5.74) is 8.70. The Morgan fingerprint density at radius 3 is 2.62 bits per heavy atom. The molecule has 0 aliphatic carbocycles. The lowest BCUT2D eigenvalue weighted by Gasteiger charge is -2.30. The van der Waals surface area contributed by atoms with Gasteiger partial charge in [0.15, 0.2) is 0 Å². The summed E-state index contributed by atoms with van der Waals surface area (Å²) in [5, 5.41) is 2.33. The van der Waals surface area contributed by atoms with Crippen LogP contribution in [0.25, 0.3) is 0 Å². The van der Waals surface area contributed by atoms with Gasteiger partial charge in [-0.05, 0) is 49.5 Å². The summed E-state index contributed by atoms with van der Waals surface area (Å²) in [6, 6.07) is 5.76. The van der Waals surface area contributed by atoms with Crippen molar-refractivity contribution in [2.24, 2.45) is 5.73 Å². The van der Waals surface area contributed by atoms with Gasteiger partial charge in [0, 0.05) is 31.1 Å². The zero-order chi connectivity index (χ0) is 18.3. The summed E-state index contributed by atoms with van der Waals surface area (Å²) in [7, 11) is 0. The van der Waals surface area contributed by atoms with Gasteiger partial charge in [-0.15, -0.1) is 0 Å². The Kier molecular flexibility index (Phi) is 4.50. The fraction of sp³-hybridized carbons (Fsp3) is 0.526. The predicted molar refractivity (Wildman–Crippen MR) is 95.0 cm³/mol. The molecule has 1 aromatic carbocycles. The molecule has 3 aliphatic heterocycles. The van der Waals surface area contributed by atoms with Crippen LogP contribution >= 0.6 is 0 Å². The number of hydrogen-bond acceptors (Lipinski definition) is 5. The third-order valence-electron chi connectivity index (χ3n) is 5.63. The number of likely N-dealkylation sites (tertiary alicyclic amines) is 1. The molecule has 2 saturated heterocycles. The normalized spacial score (nSPS) is 24.7. The number of nitrogens with two attached hydrogens (primary N) is 1. The number of imide groups is 1. The average molecular weight is 356 g/mol. The number of hydrogen-bond donors (Lipinski definition) is 2. The van der Waals surface area contributed by atoms with Gasteiger partial charge in [0.25, 0.3) is 5.91 Å². The van der Waals surface area contributed by atoms with Crippen molar-refractivity contribution in [3.05, 3.63) is 34.9 Å². The number of carbonyl (C=O) groups excluding carboxylic acids is 3. The molecular formula is C19H24N4O3. The number of benzene rings is 1. The maximum absolute atomic E-state index is 12.8. The van der Waals surface area contributed by atoms with Crippen molar-refractivity contribution < 1.29 is 14.4 Å². The third-order valence-corrected chi connectivity index (χ3v) is 5.63. The van der Waals surface area contributed by atoms with Crippen LogP contribution in [0, 0.1) is 0 Å². The van der Waals surface area contributed by atoms with E-state index in [0.717, 1.165) is 43.6 Å². The molecular weight excluding hydrogens is 332 g/mol. The lowest BCUT2D eigenvalue weighted by Crippen LogP contribution is -2.52. The number of piperidine rings is 2. The largest absolute Gasteiger partial charge is 0.328 e. The fourth-order valence-corrected chi connectivity index (χ4v) is 4.07. The van der Waals surface area contributed by atoms with Gasteiger partial charge in [0.2, 0.25) is 11.8 Å². The minimum absolute atomic E-state index is 0.114. The highest BCUT2D eigenvalue weighted by Gasteiger charge is 2.39. The molecule has 3 heterocycles. The van der Waals surface area contributed by atoms with Gasteiger partial charge in [-0.3, -0.25) is 24.6 Å². The first-order valence-corrected chi connectivity index (χ1v) is 9.25. The quantitative estimate of drug-likeness (QED) is 0.763. The number of carbonyl (C=O) groups is 3. The first kappa shape index (κ1) is 17.2. The highest BCUT2D eigenvalue weighted by Crippen LogP contribution is 2.28. The van der Waals surface area contributed by atoms with E-state index in [9.17, 15) is 14.4 Å². The molecule has 1 aromatic rings. The Labute approximate surface area is 152 Å². The molecule has 0 saturated carbocycles. The summed E-state index contributed by atoms with van der Waals surface area (Å²) >= 11 is 0. The van der Waals surface area contributed by atoms with Crippen LogP contribution in [0.5, 0.6) is 0 Å². The molecule has 7 heteroatoms. The number of rotatable bonds is 3. The van der Waals surface area contributed by atoms with Crippen LogP contribution in [-0.4, -0.2) is 52.7 Å². The molecule has 1 unspecified atom stereocenters. The van der Waals surface area contributed by atoms with Gasteiger partial charge < -0.3 is 10.6 Å². The predicted octanol–water partition coefficient (Wildman–Crippen LogP) is 0.371. The van der Waals surface area contributed by atoms with Gasteiger partial charge in [-0.2, -0.15) is 0 Å². The van der Waals surface area contributed by atoms with Crippen LogP contribution in [0.1, 0.15) is 47.2 Å². The van der Waals surface area contributed by atoms with E-state index in [0.29, 0.717) is 24.6 Å². The second-order valence-corrected chi connectivity index (χ2v) is 7.51. The molecule has 26 heavy (non-hydrogen) atoms. The van der Waals surface area contributed by atoms with Crippen LogP contribution in [-0.2, 0) is 22.7 Å². The van der Waals surface area contributed by atoms with Crippen LogP contribution in [0.3, 0.4) is 0 Å². The van der Waals surface area contributed by atoms with E-state index >= 15 is 0 Å². The standard InChI is InChI=1S/C19H24N4O3/c20-14-5-7-22(8-6-14)10-12-1-2-13-11-23(19(26)15(13)9-12)16-3-4-17(24)21-18(16)25/h1-2,9,14,16H,3-8,10-11,20H2,(H,21,24,25). The summed E-state index contributed by atoms with van der Waals surface area (Å²) in [6.07, 6.45) is 2.69. The summed E-state index contributed by atoms with van der Waals surface area (Å²) in [6.45, 7) is 3.20. The number of nitrogens with zero attached hydrogens (tertiary/aromatic N) is 2. The first-order chi connectivity index (χ1) is 12.5. The van der Waals surface area contributed by atoms with Gasteiger partial charge in [0.1, 0.15) is 6.04 Å². The molecule has 0 radical (unpaired) electrons. The molecule has 0 aromatic heterocycles. The smallest absolute Gasteiger partial charge is 0.255 e. The van der Waals surface area contributed by atoms with E-state index in [1.165, 1.54) is 0 Å². The van der Waals surface area contributed by atoms with Crippen molar-refractivity contribution in [3.63, 3.8) is 0 Å². The van der Waals surface area contributed by atoms with Crippen LogP contribution in [0.2, 0.25) is 0 Å². The van der Waals surface area contributed by atoms with Crippen molar-refractivity contribution in [1.82, 2.24) is 15.1 Å². The van der Waals surface area contributed by atoms with Gasteiger partial charge in [-0.1, -0.05) is 12.1 Å². The zero-order valence-corrected chi connectivity index (χ0v) is 14.7. The van der Waals surface area contributed by atoms with E-state index in [1.807, 2.05) is 12.1 Å². The van der Waals surface area contributed by atoms with Gasteiger partial charge in [-0.25, -0.2) is 0 Å². The Hall–Kier alpha value is -2.25. The van der Waals surface area contributed by atoms with Crippen LogP contribution in [0.15, 0.2) is 18.2 Å². The molecule has 3 N–H and O–H groups in total. The molecule has 3 amide bonds. The maximum Gasteiger partial charge on any atom is 0.255 e. The number of nitrogens with one attached hydrogen (secondary N) is 1. The number of amides is 3. The summed E-state index contributed by atoms with van der Waals surface area (Å²) in [4.78, 5) is 40.2. The molecule has 2 fully saturated rings. The topological polar surface area (TPSA) is 95.7 Å². The van der Waals surface area contributed by atoms with Crippen molar-refractivity contribution in [2.75, 3.05) is 13.1 Å². The molecule has 1 atom stereocenters. The molecule has 0 bridgehead atoms. The second-order valence-electron chi connectivity index (χ2n) is 7.51. The SMILES string of the molecule is NC1CCN(Cc2ccc3c(c2)C(=O)N(C2CCC(=O)NC2=O)C3)CC1. The molecule has 138 valence electrons. The van der Waals surface area contributed by atoms with E-state index in [4.69, 9.17) is 5.73 Å². The molecule has 4 rings (SSSR count). The Balaban J connectivity index is 1.47. The van der Waals surface area contributed by atoms with Gasteiger partial charge >= 0.3 is 0 Å². The molecule has 0 spiro atoms. The van der Waals surface area contributed by atoms with E-state index < -0.39 is 6.04 Å². The van der Waals surface area contributed by atoms with Crippen molar-refractivity contribution >= 4 is 17.7 Å². The average Bonchev–Trinajstić information content (AvgIpc) is 2.93.